The molecule has 0 spiro atoms. The normalized spacial score (nSPS) is 10.5. The average Bonchev–Trinajstić information content (AvgIpc) is 2.53. The van der Waals surface area contributed by atoms with Gasteiger partial charge >= 0.3 is 0 Å². The van der Waals surface area contributed by atoms with Crippen LogP contribution in [0, 0.1) is 13.8 Å². The summed E-state index contributed by atoms with van der Waals surface area (Å²) in [6.07, 6.45) is 0. The molecule has 0 unspecified atom stereocenters. The topological polar surface area (TPSA) is 29.1 Å². The van der Waals surface area contributed by atoms with Gasteiger partial charge < -0.3 is 5.32 Å². The van der Waals surface area contributed by atoms with E-state index in [1.54, 1.807) is 23.5 Å². The summed E-state index contributed by atoms with van der Waals surface area (Å²) in [6, 6.07) is 16.6. The smallest absolute Gasteiger partial charge is 0.230 e. The van der Waals surface area contributed by atoms with E-state index in [2.05, 4.69) is 49.5 Å². The van der Waals surface area contributed by atoms with Crippen LogP contribution in [0.25, 0.3) is 0 Å². The van der Waals surface area contributed by atoms with Gasteiger partial charge in [0.25, 0.3) is 0 Å². The van der Waals surface area contributed by atoms with Crippen molar-refractivity contribution < 1.29 is 4.79 Å². The van der Waals surface area contributed by atoms with Gasteiger partial charge in [0.15, 0.2) is 0 Å². The molecule has 2 aromatic carbocycles. The number of rotatable bonds is 7. The summed E-state index contributed by atoms with van der Waals surface area (Å²) in [5, 5.41) is 2.98. The largest absolute Gasteiger partial charge is 0.355 e. The third-order valence-electron chi connectivity index (χ3n) is 3.14. The van der Waals surface area contributed by atoms with Gasteiger partial charge in [-0.25, -0.2) is 0 Å². The molecule has 4 heteroatoms. The SMILES string of the molecule is Cc1ccc(C)c(SCC(=O)NCCSc2ccccc2)c1. The highest BCUT2D eigenvalue weighted by molar-refractivity contribution is 8.00. The van der Waals surface area contributed by atoms with E-state index in [1.165, 1.54) is 20.9 Å². The number of hydrogen-bond acceptors (Lipinski definition) is 3. The lowest BCUT2D eigenvalue weighted by atomic mass is 10.2. The highest BCUT2D eigenvalue weighted by atomic mass is 32.2. The predicted octanol–water partition coefficient (Wildman–Crippen LogP) is 4.30. The number of thioether (sulfide) groups is 2. The molecule has 116 valence electrons. The Balaban J connectivity index is 1.67. The zero-order valence-electron chi connectivity index (χ0n) is 13.0. The van der Waals surface area contributed by atoms with Crippen molar-refractivity contribution in [2.75, 3.05) is 18.1 Å². The molecule has 2 nitrogen and oxygen atoms in total. The zero-order valence-corrected chi connectivity index (χ0v) is 14.6. The molecular weight excluding hydrogens is 310 g/mol. The van der Waals surface area contributed by atoms with E-state index in [0.29, 0.717) is 12.3 Å². The first-order valence-electron chi connectivity index (χ1n) is 7.30. The summed E-state index contributed by atoms with van der Waals surface area (Å²) in [7, 11) is 0. The molecule has 0 aliphatic rings. The molecule has 0 aromatic heterocycles. The number of benzene rings is 2. The molecule has 1 N–H and O–H groups in total. The van der Waals surface area contributed by atoms with Crippen LogP contribution in [0.1, 0.15) is 11.1 Å². The van der Waals surface area contributed by atoms with Gasteiger partial charge in [-0.15, -0.1) is 23.5 Å². The van der Waals surface area contributed by atoms with E-state index >= 15 is 0 Å². The van der Waals surface area contributed by atoms with Gasteiger partial charge in [0, 0.05) is 22.1 Å². The van der Waals surface area contributed by atoms with Crippen molar-refractivity contribution in [2.45, 2.75) is 23.6 Å². The molecule has 2 rings (SSSR count). The van der Waals surface area contributed by atoms with Crippen molar-refractivity contribution >= 4 is 29.4 Å². The van der Waals surface area contributed by atoms with Gasteiger partial charge in [0.1, 0.15) is 0 Å². The van der Waals surface area contributed by atoms with E-state index in [1.807, 2.05) is 18.2 Å². The molecule has 0 fully saturated rings. The minimum absolute atomic E-state index is 0.0968. The van der Waals surface area contributed by atoms with Gasteiger partial charge in [-0.2, -0.15) is 0 Å². The number of amides is 1. The zero-order chi connectivity index (χ0) is 15.8. The van der Waals surface area contributed by atoms with Crippen molar-refractivity contribution in [3.05, 3.63) is 59.7 Å². The second-order valence-corrected chi connectivity index (χ2v) is 7.25. The first-order chi connectivity index (χ1) is 10.6. The van der Waals surface area contributed by atoms with Gasteiger partial charge in [-0.3, -0.25) is 4.79 Å². The standard InChI is InChI=1S/C18H21NOS2/c1-14-8-9-15(2)17(12-14)22-13-18(20)19-10-11-21-16-6-4-3-5-7-16/h3-9,12H,10-11,13H2,1-2H3,(H,19,20). The second-order valence-electron chi connectivity index (χ2n) is 5.07. The molecule has 0 saturated heterocycles. The molecule has 0 saturated carbocycles. The lowest BCUT2D eigenvalue weighted by Crippen LogP contribution is -2.27. The van der Waals surface area contributed by atoms with E-state index in [4.69, 9.17) is 0 Å². The summed E-state index contributed by atoms with van der Waals surface area (Å²) >= 11 is 3.36. The fraction of sp³-hybridized carbons (Fsp3) is 0.278. The highest BCUT2D eigenvalue weighted by Gasteiger charge is 2.05. The second kappa shape index (κ2) is 8.91. The summed E-state index contributed by atoms with van der Waals surface area (Å²) < 4.78 is 0. The minimum Gasteiger partial charge on any atom is -0.355 e. The Hall–Kier alpha value is -1.39. The van der Waals surface area contributed by atoms with Gasteiger partial charge in [0.05, 0.1) is 5.75 Å². The van der Waals surface area contributed by atoms with Gasteiger partial charge in [0.2, 0.25) is 5.91 Å². The summed E-state index contributed by atoms with van der Waals surface area (Å²) in [4.78, 5) is 14.3. The third kappa shape index (κ3) is 5.78. The fourth-order valence-corrected chi connectivity index (χ4v) is 3.68. The van der Waals surface area contributed by atoms with Crippen molar-refractivity contribution in [2.24, 2.45) is 0 Å². The quantitative estimate of drug-likeness (QED) is 0.606. The van der Waals surface area contributed by atoms with Crippen LogP contribution in [0.4, 0.5) is 0 Å². The van der Waals surface area contributed by atoms with Crippen molar-refractivity contribution in [3.63, 3.8) is 0 Å². The Morgan fingerprint density at radius 3 is 2.59 bits per heavy atom. The maximum absolute atomic E-state index is 11.9. The van der Waals surface area contributed by atoms with E-state index < -0.39 is 0 Å². The molecular formula is C18H21NOS2. The van der Waals surface area contributed by atoms with E-state index in [0.717, 1.165) is 5.75 Å². The van der Waals surface area contributed by atoms with Crippen LogP contribution < -0.4 is 5.32 Å². The van der Waals surface area contributed by atoms with Gasteiger partial charge in [-0.05, 0) is 37.6 Å². The molecule has 0 heterocycles. The Bertz CT molecular complexity index is 614. The van der Waals surface area contributed by atoms with Crippen LogP contribution in [0.5, 0.6) is 0 Å². The summed E-state index contributed by atoms with van der Waals surface area (Å²) in [5.41, 5.74) is 2.45. The number of hydrogen-bond donors (Lipinski definition) is 1. The number of nitrogens with one attached hydrogen (secondary N) is 1. The lowest BCUT2D eigenvalue weighted by molar-refractivity contribution is -0.118. The molecule has 0 aliphatic carbocycles. The lowest BCUT2D eigenvalue weighted by Gasteiger charge is -2.08. The Morgan fingerprint density at radius 2 is 1.82 bits per heavy atom. The maximum atomic E-state index is 11.9. The minimum atomic E-state index is 0.0968. The Labute approximate surface area is 141 Å². The van der Waals surface area contributed by atoms with E-state index in [-0.39, 0.29) is 5.91 Å². The highest BCUT2D eigenvalue weighted by Crippen LogP contribution is 2.23. The van der Waals surface area contributed by atoms with Crippen LogP contribution in [-0.4, -0.2) is 24.0 Å². The molecule has 1 amide bonds. The first-order valence-corrected chi connectivity index (χ1v) is 9.27. The van der Waals surface area contributed by atoms with Crippen LogP contribution in [0.15, 0.2) is 58.3 Å². The fourth-order valence-electron chi connectivity index (χ4n) is 1.93. The average molecular weight is 332 g/mol. The molecule has 0 aliphatic heterocycles. The first kappa shape index (κ1) is 17.0. The molecule has 2 aromatic rings. The summed E-state index contributed by atoms with van der Waals surface area (Å²) in [5.74, 6) is 1.46. The molecule has 22 heavy (non-hydrogen) atoms. The molecule has 0 bridgehead atoms. The van der Waals surface area contributed by atoms with Crippen molar-refractivity contribution in [1.29, 1.82) is 0 Å². The number of aryl methyl sites for hydroxylation is 2. The molecule has 0 radical (unpaired) electrons. The predicted molar refractivity (Wildman–Crippen MR) is 96.8 cm³/mol. The number of carbonyl (C=O) groups excluding carboxylic acids is 1. The van der Waals surface area contributed by atoms with E-state index in [9.17, 15) is 4.79 Å². The van der Waals surface area contributed by atoms with Gasteiger partial charge in [-0.1, -0.05) is 35.9 Å². The van der Waals surface area contributed by atoms with Crippen LogP contribution in [0.2, 0.25) is 0 Å². The maximum Gasteiger partial charge on any atom is 0.230 e. The molecule has 0 atom stereocenters. The Kier molecular flexibility index (Phi) is 6.87. The van der Waals surface area contributed by atoms with Crippen molar-refractivity contribution in [1.82, 2.24) is 5.32 Å². The van der Waals surface area contributed by atoms with Crippen LogP contribution >= 0.6 is 23.5 Å². The number of carbonyl (C=O) groups is 1. The summed E-state index contributed by atoms with van der Waals surface area (Å²) in [6.45, 7) is 4.85. The monoisotopic (exact) mass is 331 g/mol. The third-order valence-corrected chi connectivity index (χ3v) is 5.31. The van der Waals surface area contributed by atoms with Crippen LogP contribution in [-0.2, 0) is 4.79 Å². The van der Waals surface area contributed by atoms with Crippen molar-refractivity contribution in [3.8, 4) is 0 Å². The Morgan fingerprint density at radius 1 is 1.05 bits per heavy atom. The van der Waals surface area contributed by atoms with Crippen LogP contribution in [0.3, 0.4) is 0 Å².